The summed E-state index contributed by atoms with van der Waals surface area (Å²) in [6.45, 7) is 0. The first-order valence-corrected chi connectivity index (χ1v) is 8.32. The van der Waals surface area contributed by atoms with Crippen molar-refractivity contribution in [2.24, 2.45) is 0 Å². The lowest BCUT2D eigenvalue weighted by molar-refractivity contribution is 0.0993. The lowest BCUT2D eigenvalue weighted by atomic mass is 10.1. The average molecular weight is 486 g/mol. The molecule has 0 atom stereocenters. The van der Waals surface area contributed by atoms with E-state index < -0.39 is 0 Å². The molecule has 1 nitrogen and oxygen atoms in total. The Morgan fingerprint density at radius 3 is 2.65 bits per heavy atom. The second-order valence-corrected chi connectivity index (χ2v) is 7.44. The first-order valence-electron chi connectivity index (χ1n) is 4.77. The highest BCUT2D eigenvalue weighted by Crippen LogP contribution is 2.24. The van der Waals surface area contributed by atoms with Gasteiger partial charge in [0.25, 0.3) is 0 Å². The van der Waals surface area contributed by atoms with E-state index in [-0.39, 0.29) is 5.78 Å². The number of thiophene rings is 1. The number of Topliss-reactive ketones (excluding diaryl/α,β-unsaturated/α-hetero) is 1. The minimum Gasteiger partial charge on any atom is -0.294 e. The number of hydrogen-bond donors (Lipinski definition) is 0. The van der Waals surface area contributed by atoms with E-state index in [0.717, 1.165) is 23.0 Å². The molecule has 0 saturated carbocycles. The summed E-state index contributed by atoms with van der Waals surface area (Å²) in [4.78, 5) is 13.2. The van der Waals surface area contributed by atoms with E-state index >= 15 is 0 Å². The summed E-state index contributed by atoms with van der Waals surface area (Å²) in [5.41, 5.74) is 0.782. The average Bonchev–Trinajstić information content (AvgIpc) is 2.67. The topological polar surface area (TPSA) is 17.1 Å². The molecule has 0 radical (unpaired) electrons. The Labute approximate surface area is 134 Å². The van der Waals surface area contributed by atoms with Crippen LogP contribution < -0.4 is 0 Å². The zero-order valence-electron chi connectivity index (χ0n) is 8.54. The van der Waals surface area contributed by atoms with E-state index in [4.69, 9.17) is 0 Å². The summed E-state index contributed by atoms with van der Waals surface area (Å²) >= 11 is 10.6. The molecule has 0 bridgehead atoms. The van der Waals surface area contributed by atoms with Gasteiger partial charge in [0, 0.05) is 34.8 Å². The van der Waals surface area contributed by atoms with Crippen molar-refractivity contribution >= 4 is 71.6 Å². The third-order valence-electron chi connectivity index (χ3n) is 2.19. The second-order valence-electron chi connectivity index (χ2n) is 3.46. The molecule has 5 heteroatoms. The molecule has 1 aromatic heterocycles. The van der Waals surface area contributed by atoms with Crippen molar-refractivity contribution in [1.82, 2.24) is 0 Å². The highest BCUT2D eigenvalue weighted by molar-refractivity contribution is 14.1. The summed E-state index contributed by atoms with van der Waals surface area (Å²) in [5, 5.41) is 1.99. The van der Waals surface area contributed by atoms with E-state index in [2.05, 4.69) is 54.5 Å². The summed E-state index contributed by atoms with van der Waals surface area (Å²) < 4.78 is 2.97. The highest BCUT2D eigenvalue weighted by atomic mass is 127. The molecule has 1 heterocycles. The van der Waals surface area contributed by atoms with Gasteiger partial charge in [0.1, 0.15) is 0 Å². The van der Waals surface area contributed by atoms with Crippen molar-refractivity contribution in [3.63, 3.8) is 0 Å². The predicted molar refractivity (Wildman–Crippen MR) is 86.9 cm³/mol. The maximum absolute atomic E-state index is 12.2. The SMILES string of the molecule is O=C(Cc1cc(Br)cs1)c1cc(Br)ccc1I. The Kier molecular flexibility index (Phi) is 4.80. The Bertz CT molecular complexity index is 565. The van der Waals surface area contributed by atoms with Gasteiger partial charge >= 0.3 is 0 Å². The summed E-state index contributed by atoms with van der Waals surface area (Å²) in [5.74, 6) is 0.157. The fourth-order valence-electron chi connectivity index (χ4n) is 1.41. The summed E-state index contributed by atoms with van der Waals surface area (Å²) in [6.07, 6.45) is 0.461. The number of benzene rings is 1. The van der Waals surface area contributed by atoms with Crippen LogP contribution in [0.1, 0.15) is 15.2 Å². The van der Waals surface area contributed by atoms with E-state index in [1.165, 1.54) is 0 Å². The third-order valence-corrected chi connectivity index (χ3v) is 5.32. The Hall–Kier alpha value is 0.280. The van der Waals surface area contributed by atoms with E-state index in [1.54, 1.807) is 11.3 Å². The van der Waals surface area contributed by atoms with Crippen LogP contribution in [-0.4, -0.2) is 5.78 Å². The summed E-state index contributed by atoms with van der Waals surface area (Å²) in [6, 6.07) is 7.77. The fraction of sp³-hybridized carbons (Fsp3) is 0.0833. The van der Waals surface area contributed by atoms with E-state index in [9.17, 15) is 4.79 Å². The van der Waals surface area contributed by atoms with Crippen LogP contribution in [0.3, 0.4) is 0 Å². The quantitative estimate of drug-likeness (QED) is 0.426. The van der Waals surface area contributed by atoms with E-state index in [1.807, 2.05) is 29.6 Å². The van der Waals surface area contributed by atoms with Gasteiger partial charge < -0.3 is 0 Å². The Morgan fingerprint density at radius 1 is 1.24 bits per heavy atom. The van der Waals surface area contributed by atoms with Crippen molar-refractivity contribution in [3.8, 4) is 0 Å². The van der Waals surface area contributed by atoms with Gasteiger partial charge in [0.05, 0.1) is 0 Å². The van der Waals surface area contributed by atoms with Crippen LogP contribution in [-0.2, 0) is 6.42 Å². The molecular weight excluding hydrogens is 479 g/mol. The number of halogens is 3. The van der Waals surface area contributed by atoms with Gasteiger partial charge in [-0.1, -0.05) is 15.9 Å². The largest absolute Gasteiger partial charge is 0.294 e. The van der Waals surface area contributed by atoms with Crippen molar-refractivity contribution in [2.45, 2.75) is 6.42 Å². The van der Waals surface area contributed by atoms with Crippen LogP contribution >= 0.6 is 65.8 Å². The molecule has 2 aromatic rings. The highest BCUT2D eigenvalue weighted by Gasteiger charge is 2.12. The third kappa shape index (κ3) is 3.62. The molecule has 88 valence electrons. The normalized spacial score (nSPS) is 10.5. The molecule has 1 aromatic carbocycles. The first kappa shape index (κ1) is 13.7. The molecule has 0 fully saturated rings. The maximum Gasteiger partial charge on any atom is 0.169 e. The van der Waals surface area contributed by atoms with Crippen LogP contribution in [0.5, 0.6) is 0 Å². The van der Waals surface area contributed by atoms with Crippen molar-refractivity contribution in [2.75, 3.05) is 0 Å². The molecule has 0 N–H and O–H groups in total. The molecule has 0 aliphatic carbocycles. The van der Waals surface area contributed by atoms with Gasteiger partial charge in [-0.05, 0) is 62.8 Å². The molecule has 0 saturated heterocycles. The predicted octanol–water partition coefficient (Wildman–Crippen LogP) is 5.30. The van der Waals surface area contributed by atoms with Gasteiger partial charge in [-0.3, -0.25) is 4.79 Å². The van der Waals surface area contributed by atoms with E-state index in [0.29, 0.717) is 6.42 Å². The van der Waals surface area contributed by atoms with Gasteiger partial charge in [-0.15, -0.1) is 11.3 Å². The van der Waals surface area contributed by atoms with Crippen LogP contribution in [0, 0.1) is 3.57 Å². The Balaban J connectivity index is 2.22. The zero-order chi connectivity index (χ0) is 12.4. The minimum absolute atomic E-state index is 0.157. The molecule has 0 spiro atoms. The van der Waals surface area contributed by atoms with Crippen LogP contribution in [0.2, 0.25) is 0 Å². The number of carbonyl (C=O) groups excluding carboxylic acids is 1. The molecule has 0 aliphatic heterocycles. The van der Waals surface area contributed by atoms with Gasteiger partial charge in [-0.2, -0.15) is 0 Å². The Morgan fingerprint density at radius 2 is 2.00 bits per heavy atom. The molecule has 0 amide bonds. The number of rotatable bonds is 3. The number of ketones is 1. The minimum atomic E-state index is 0.157. The molecule has 2 rings (SSSR count). The smallest absolute Gasteiger partial charge is 0.169 e. The van der Waals surface area contributed by atoms with Crippen LogP contribution in [0.15, 0.2) is 38.6 Å². The fourth-order valence-corrected chi connectivity index (χ4v) is 3.86. The second kappa shape index (κ2) is 5.95. The van der Waals surface area contributed by atoms with Gasteiger partial charge in [0.15, 0.2) is 5.78 Å². The summed E-state index contributed by atoms with van der Waals surface area (Å²) in [7, 11) is 0. The lowest BCUT2D eigenvalue weighted by Crippen LogP contribution is -2.04. The maximum atomic E-state index is 12.2. The van der Waals surface area contributed by atoms with Crippen molar-refractivity contribution in [3.05, 3.63) is 52.6 Å². The number of hydrogen-bond acceptors (Lipinski definition) is 2. The van der Waals surface area contributed by atoms with Gasteiger partial charge in [-0.25, -0.2) is 0 Å². The monoisotopic (exact) mass is 484 g/mol. The molecule has 0 unspecified atom stereocenters. The zero-order valence-corrected chi connectivity index (χ0v) is 14.7. The van der Waals surface area contributed by atoms with Crippen LogP contribution in [0.25, 0.3) is 0 Å². The van der Waals surface area contributed by atoms with Crippen molar-refractivity contribution < 1.29 is 4.79 Å². The standard InChI is InChI=1S/C12H7Br2IOS/c13-7-1-2-11(15)10(4-7)12(16)5-9-3-8(14)6-17-9/h1-4,6H,5H2. The molecule has 0 aliphatic rings. The van der Waals surface area contributed by atoms with Crippen LogP contribution in [0.4, 0.5) is 0 Å². The first-order chi connectivity index (χ1) is 8.06. The lowest BCUT2D eigenvalue weighted by Gasteiger charge is -2.03. The number of carbonyl (C=O) groups is 1. The van der Waals surface area contributed by atoms with Crippen molar-refractivity contribution in [1.29, 1.82) is 0 Å². The molecular formula is C12H7Br2IOS. The van der Waals surface area contributed by atoms with Gasteiger partial charge in [0.2, 0.25) is 0 Å². The molecule has 17 heavy (non-hydrogen) atoms.